The van der Waals surface area contributed by atoms with Gasteiger partial charge in [-0.3, -0.25) is 9.59 Å². The van der Waals surface area contributed by atoms with Gasteiger partial charge in [0.05, 0.1) is 5.92 Å². The van der Waals surface area contributed by atoms with Crippen molar-refractivity contribution in [3.8, 4) is 11.5 Å². The van der Waals surface area contributed by atoms with Crippen molar-refractivity contribution in [2.75, 3.05) is 13.4 Å². The first-order valence-corrected chi connectivity index (χ1v) is 8.54. The molecule has 1 atom stereocenters. The third-order valence-corrected chi connectivity index (χ3v) is 4.17. The van der Waals surface area contributed by atoms with E-state index in [2.05, 4.69) is 5.32 Å². The third kappa shape index (κ3) is 4.33. The predicted molar refractivity (Wildman–Crippen MR) is 94.8 cm³/mol. The number of fused-ring (bicyclic) bond motifs is 1. The Morgan fingerprint density at radius 1 is 1.12 bits per heavy atom. The zero-order valence-corrected chi connectivity index (χ0v) is 14.6. The van der Waals surface area contributed by atoms with E-state index in [1.54, 1.807) is 6.07 Å². The summed E-state index contributed by atoms with van der Waals surface area (Å²) in [5, 5.41) is 2.73. The van der Waals surface area contributed by atoms with E-state index in [0.717, 1.165) is 11.1 Å². The summed E-state index contributed by atoms with van der Waals surface area (Å²) >= 11 is 0. The number of hydrogen-bond donors (Lipinski definition) is 1. The van der Waals surface area contributed by atoms with Crippen molar-refractivity contribution in [3.63, 3.8) is 0 Å². The molecule has 6 nitrogen and oxygen atoms in total. The molecule has 0 aliphatic carbocycles. The van der Waals surface area contributed by atoms with Crippen LogP contribution in [0.5, 0.6) is 11.5 Å². The van der Waals surface area contributed by atoms with E-state index in [4.69, 9.17) is 14.2 Å². The highest BCUT2D eigenvalue weighted by molar-refractivity contribution is 5.83. The predicted octanol–water partition coefficient (Wildman–Crippen LogP) is 2.77. The van der Waals surface area contributed by atoms with Crippen LogP contribution < -0.4 is 14.8 Å². The van der Waals surface area contributed by atoms with Crippen LogP contribution in [0.15, 0.2) is 48.5 Å². The molecule has 0 radical (unpaired) electrons. The van der Waals surface area contributed by atoms with Crippen LogP contribution in [-0.2, 0) is 20.9 Å². The minimum Gasteiger partial charge on any atom is -0.455 e. The number of amides is 1. The molecule has 2 aromatic carbocycles. The Labute approximate surface area is 152 Å². The Balaban J connectivity index is 1.47. The standard InChI is InChI=1S/C20H21NO5/c1-2-16(15-6-4-3-5-7-15)20(23)24-12-19(22)21-11-14-8-9-17-18(10-14)26-13-25-17/h3-10,16H,2,11-13H2,1H3,(H,21,22)/t16-/m1/s1. The summed E-state index contributed by atoms with van der Waals surface area (Å²) in [6.45, 7) is 2.15. The fourth-order valence-corrected chi connectivity index (χ4v) is 2.76. The average Bonchev–Trinajstić information content (AvgIpc) is 3.14. The molecule has 0 saturated carbocycles. The second-order valence-corrected chi connectivity index (χ2v) is 5.94. The van der Waals surface area contributed by atoms with Gasteiger partial charge in [0, 0.05) is 6.54 Å². The molecule has 6 heteroatoms. The van der Waals surface area contributed by atoms with Crippen molar-refractivity contribution in [2.45, 2.75) is 25.8 Å². The molecule has 3 rings (SSSR count). The van der Waals surface area contributed by atoms with Gasteiger partial charge in [0.15, 0.2) is 18.1 Å². The Hall–Kier alpha value is -3.02. The van der Waals surface area contributed by atoms with Gasteiger partial charge >= 0.3 is 5.97 Å². The van der Waals surface area contributed by atoms with Gasteiger partial charge in [-0.05, 0) is 29.7 Å². The van der Waals surface area contributed by atoms with Crippen LogP contribution in [0.3, 0.4) is 0 Å². The molecular formula is C20H21NO5. The van der Waals surface area contributed by atoms with E-state index in [1.165, 1.54) is 0 Å². The Kier molecular flexibility index (Phi) is 5.73. The SMILES string of the molecule is CC[C@@H](C(=O)OCC(=O)NCc1ccc2c(c1)OCO2)c1ccccc1. The smallest absolute Gasteiger partial charge is 0.313 e. The van der Waals surface area contributed by atoms with Crippen LogP contribution in [-0.4, -0.2) is 25.3 Å². The summed E-state index contributed by atoms with van der Waals surface area (Å²) in [5.74, 6) is 0.256. The van der Waals surface area contributed by atoms with Crippen LogP contribution in [0.1, 0.15) is 30.4 Å². The molecule has 1 aliphatic rings. The average molecular weight is 355 g/mol. The Bertz CT molecular complexity index is 775. The lowest BCUT2D eigenvalue weighted by Crippen LogP contribution is -2.29. The number of hydrogen-bond acceptors (Lipinski definition) is 5. The molecule has 1 amide bonds. The maximum absolute atomic E-state index is 12.2. The minimum atomic E-state index is -0.392. The Morgan fingerprint density at radius 2 is 1.88 bits per heavy atom. The van der Waals surface area contributed by atoms with Gasteiger partial charge in [-0.15, -0.1) is 0 Å². The van der Waals surface area contributed by atoms with E-state index < -0.39 is 5.97 Å². The van der Waals surface area contributed by atoms with Gasteiger partial charge in [0.2, 0.25) is 6.79 Å². The number of carbonyl (C=O) groups is 2. The first-order chi connectivity index (χ1) is 12.7. The summed E-state index contributed by atoms with van der Waals surface area (Å²) in [6, 6.07) is 14.9. The van der Waals surface area contributed by atoms with Crippen LogP contribution in [0.4, 0.5) is 0 Å². The second kappa shape index (κ2) is 8.38. The highest BCUT2D eigenvalue weighted by Gasteiger charge is 2.21. The number of carbonyl (C=O) groups excluding carboxylic acids is 2. The number of nitrogens with one attached hydrogen (secondary N) is 1. The second-order valence-electron chi connectivity index (χ2n) is 5.94. The van der Waals surface area contributed by atoms with Gasteiger partial charge < -0.3 is 19.5 Å². The van der Waals surface area contributed by atoms with E-state index in [1.807, 2.05) is 49.4 Å². The number of ether oxygens (including phenoxy) is 3. The first kappa shape index (κ1) is 17.8. The molecule has 0 aromatic heterocycles. The lowest BCUT2D eigenvalue weighted by Gasteiger charge is -2.14. The summed E-state index contributed by atoms with van der Waals surface area (Å²) < 4.78 is 15.7. The van der Waals surface area contributed by atoms with E-state index in [0.29, 0.717) is 24.5 Å². The van der Waals surface area contributed by atoms with Crippen molar-refractivity contribution >= 4 is 11.9 Å². The molecular weight excluding hydrogens is 334 g/mol. The first-order valence-electron chi connectivity index (χ1n) is 8.54. The minimum absolute atomic E-state index is 0.209. The molecule has 2 aromatic rings. The van der Waals surface area contributed by atoms with Crippen LogP contribution >= 0.6 is 0 Å². The van der Waals surface area contributed by atoms with Crippen molar-refractivity contribution in [1.29, 1.82) is 0 Å². The Morgan fingerprint density at radius 3 is 2.65 bits per heavy atom. The third-order valence-electron chi connectivity index (χ3n) is 4.17. The largest absolute Gasteiger partial charge is 0.455 e. The molecule has 0 unspecified atom stereocenters. The monoisotopic (exact) mass is 355 g/mol. The van der Waals surface area contributed by atoms with Crippen molar-refractivity contribution < 1.29 is 23.8 Å². The topological polar surface area (TPSA) is 73.9 Å². The molecule has 26 heavy (non-hydrogen) atoms. The molecule has 136 valence electrons. The van der Waals surface area contributed by atoms with Gasteiger partial charge in [-0.2, -0.15) is 0 Å². The molecule has 0 fully saturated rings. The summed E-state index contributed by atoms with van der Waals surface area (Å²) in [4.78, 5) is 24.2. The van der Waals surface area contributed by atoms with Gasteiger partial charge in [0.1, 0.15) is 0 Å². The lowest BCUT2D eigenvalue weighted by molar-refractivity contribution is -0.150. The van der Waals surface area contributed by atoms with E-state index in [-0.39, 0.29) is 25.2 Å². The van der Waals surface area contributed by atoms with E-state index in [9.17, 15) is 9.59 Å². The van der Waals surface area contributed by atoms with E-state index >= 15 is 0 Å². The molecule has 1 heterocycles. The maximum atomic E-state index is 12.2. The number of benzene rings is 2. The molecule has 0 bridgehead atoms. The summed E-state index contributed by atoms with van der Waals surface area (Å²) in [7, 11) is 0. The summed E-state index contributed by atoms with van der Waals surface area (Å²) in [6.07, 6.45) is 0.613. The highest BCUT2D eigenvalue weighted by atomic mass is 16.7. The fraction of sp³-hybridized carbons (Fsp3) is 0.300. The van der Waals surface area contributed by atoms with Gasteiger partial charge in [-0.25, -0.2) is 0 Å². The molecule has 0 spiro atoms. The normalized spacial score (nSPS) is 13.1. The lowest BCUT2D eigenvalue weighted by atomic mass is 9.97. The van der Waals surface area contributed by atoms with Crippen LogP contribution in [0.2, 0.25) is 0 Å². The van der Waals surface area contributed by atoms with Crippen LogP contribution in [0, 0.1) is 0 Å². The molecule has 1 aliphatic heterocycles. The van der Waals surface area contributed by atoms with Crippen molar-refractivity contribution in [1.82, 2.24) is 5.32 Å². The molecule has 0 saturated heterocycles. The maximum Gasteiger partial charge on any atom is 0.313 e. The fourth-order valence-electron chi connectivity index (χ4n) is 2.76. The summed E-state index contributed by atoms with van der Waals surface area (Å²) in [5.41, 5.74) is 1.77. The zero-order valence-electron chi connectivity index (χ0n) is 14.6. The van der Waals surface area contributed by atoms with Gasteiger partial charge in [-0.1, -0.05) is 43.3 Å². The van der Waals surface area contributed by atoms with Crippen molar-refractivity contribution in [2.24, 2.45) is 0 Å². The quantitative estimate of drug-likeness (QED) is 0.773. The zero-order chi connectivity index (χ0) is 18.4. The van der Waals surface area contributed by atoms with Crippen LogP contribution in [0.25, 0.3) is 0 Å². The van der Waals surface area contributed by atoms with Crippen molar-refractivity contribution in [3.05, 3.63) is 59.7 Å². The molecule has 1 N–H and O–H groups in total. The van der Waals surface area contributed by atoms with Gasteiger partial charge in [0.25, 0.3) is 5.91 Å². The highest BCUT2D eigenvalue weighted by Crippen LogP contribution is 2.32. The number of rotatable bonds is 7. The number of esters is 1.